The molecule has 0 atom stereocenters. The van der Waals surface area contributed by atoms with Crippen LogP contribution in [0.5, 0.6) is 0 Å². The standard InChI is InChI=1S/C14H23BrN2O/c1-4-7-16-11-12-5-6-14(13(15)10-12)17(2)8-9-18-3/h5-6,10,16H,4,7-9,11H2,1-3H3. The van der Waals surface area contributed by atoms with Gasteiger partial charge in [0.2, 0.25) is 0 Å². The van der Waals surface area contributed by atoms with Crippen molar-refractivity contribution in [3.05, 3.63) is 28.2 Å². The van der Waals surface area contributed by atoms with Crippen LogP contribution in [0.1, 0.15) is 18.9 Å². The number of likely N-dealkylation sites (N-methyl/N-ethyl adjacent to an activating group) is 1. The summed E-state index contributed by atoms with van der Waals surface area (Å²) < 4.78 is 6.23. The summed E-state index contributed by atoms with van der Waals surface area (Å²) in [7, 11) is 3.81. The minimum Gasteiger partial charge on any atom is -0.383 e. The van der Waals surface area contributed by atoms with Crippen molar-refractivity contribution in [2.45, 2.75) is 19.9 Å². The number of anilines is 1. The Morgan fingerprint density at radius 3 is 2.78 bits per heavy atom. The van der Waals surface area contributed by atoms with Crippen LogP contribution in [0.2, 0.25) is 0 Å². The predicted octanol–water partition coefficient (Wildman–Crippen LogP) is 3.03. The number of hydrogen-bond acceptors (Lipinski definition) is 3. The molecule has 0 bridgehead atoms. The second kappa shape index (κ2) is 8.51. The smallest absolute Gasteiger partial charge is 0.0637 e. The van der Waals surface area contributed by atoms with Gasteiger partial charge in [0, 0.05) is 31.7 Å². The van der Waals surface area contributed by atoms with E-state index in [1.54, 1.807) is 7.11 Å². The maximum atomic E-state index is 5.10. The van der Waals surface area contributed by atoms with Crippen molar-refractivity contribution < 1.29 is 4.74 Å². The highest BCUT2D eigenvalue weighted by molar-refractivity contribution is 9.10. The van der Waals surface area contributed by atoms with E-state index in [0.29, 0.717) is 0 Å². The lowest BCUT2D eigenvalue weighted by Crippen LogP contribution is -2.22. The molecule has 0 aromatic heterocycles. The molecular formula is C14H23BrN2O. The molecule has 4 heteroatoms. The Morgan fingerprint density at radius 2 is 2.17 bits per heavy atom. The maximum absolute atomic E-state index is 5.10. The topological polar surface area (TPSA) is 24.5 Å². The molecule has 102 valence electrons. The molecule has 0 saturated carbocycles. The normalized spacial score (nSPS) is 10.7. The van der Waals surface area contributed by atoms with Gasteiger partial charge in [-0.05, 0) is 46.6 Å². The zero-order valence-electron chi connectivity index (χ0n) is 11.5. The zero-order valence-corrected chi connectivity index (χ0v) is 13.1. The van der Waals surface area contributed by atoms with Crippen molar-refractivity contribution in [3.63, 3.8) is 0 Å². The summed E-state index contributed by atoms with van der Waals surface area (Å²) in [5, 5.41) is 3.41. The second-order valence-electron chi connectivity index (χ2n) is 4.38. The molecule has 0 fully saturated rings. The van der Waals surface area contributed by atoms with Crippen LogP contribution >= 0.6 is 15.9 Å². The van der Waals surface area contributed by atoms with E-state index < -0.39 is 0 Å². The van der Waals surface area contributed by atoms with Gasteiger partial charge in [-0.2, -0.15) is 0 Å². The molecule has 0 aliphatic rings. The molecule has 1 aromatic carbocycles. The predicted molar refractivity (Wildman–Crippen MR) is 81.3 cm³/mol. The summed E-state index contributed by atoms with van der Waals surface area (Å²) in [6, 6.07) is 6.51. The number of nitrogens with one attached hydrogen (secondary N) is 1. The number of nitrogens with zero attached hydrogens (tertiary/aromatic N) is 1. The van der Waals surface area contributed by atoms with Crippen molar-refractivity contribution in [1.82, 2.24) is 5.32 Å². The molecule has 1 aromatic rings. The van der Waals surface area contributed by atoms with E-state index in [9.17, 15) is 0 Å². The van der Waals surface area contributed by atoms with Gasteiger partial charge in [0.05, 0.1) is 12.3 Å². The molecular weight excluding hydrogens is 292 g/mol. The number of ether oxygens (including phenoxy) is 1. The summed E-state index contributed by atoms with van der Waals surface area (Å²) in [4.78, 5) is 2.19. The Kier molecular flexibility index (Phi) is 7.32. The van der Waals surface area contributed by atoms with Crippen LogP contribution < -0.4 is 10.2 Å². The van der Waals surface area contributed by atoms with Gasteiger partial charge in [-0.15, -0.1) is 0 Å². The van der Waals surface area contributed by atoms with Gasteiger partial charge in [-0.1, -0.05) is 13.0 Å². The van der Waals surface area contributed by atoms with Crippen LogP contribution in [-0.4, -0.2) is 33.9 Å². The number of methoxy groups -OCH3 is 1. The van der Waals surface area contributed by atoms with Crippen LogP contribution in [-0.2, 0) is 11.3 Å². The summed E-state index contributed by atoms with van der Waals surface area (Å²) in [6.07, 6.45) is 1.17. The lowest BCUT2D eigenvalue weighted by molar-refractivity contribution is 0.206. The van der Waals surface area contributed by atoms with Gasteiger partial charge in [-0.25, -0.2) is 0 Å². The Labute approximate surface area is 119 Å². The zero-order chi connectivity index (χ0) is 13.4. The van der Waals surface area contributed by atoms with E-state index in [-0.39, 0.29) is 0 Å². The lowest BCUT2D eigenvalue weighted by Gasteiger charge is -2.20. The van der Waals surface area contributed by atoms with E-state index in [0.717, 1.165) is 30.7 Å². The molecule has 18 heavy (non-hydrogen) atoms. The Bertz CT molecular complexity index is 358. The van der Waals surface area contributed by atoms with E-state index in [2.05, 4.69) is 58.3 Å². The van der Waals surface area contributed by atoms with Gasteiger partial charge in [-0.3, -0.25) is 0 Å². The van der Waals surface area contributed by atoms with Gasteiger partial charge >= 0.3 is 0 Å². The molecule has 0 saturated heterocycles. The number of benzene rings is 1. The first-order valence-electron chi connectivity index (χ1n) is 6.38. The third-order valence-corrected chi connectivity index (χ3v) is 3.45. The minimum absolute atomic E-state index is 0.739. The maximum Gasteiger partial charge on any atom is 0.0637 e. The van der Waals surface area contributed by atoms with Crippen molar-refractivity contribution >= 4 is 21.6 Å². The van der Waals surface area contributed by atoms with Crippen LogP contribution in [0.25, 0.3) is 0 Å². The van der Waals surface area contributed by atoms with E-state index in [4.69, 9.17) is 4.74 Å². The Morgan fingerprint density at radius 1 is 1.39 bits per heavy atom. The Balaban J connectivity index is 2.61. The van der Waals surface area contributed by atoms with Gasteiger partial charge < -0.3 is 15.0 Å². The minimum atomic E-state index is 0.739. The summed E-state index contributed by atoms with van der Waals surface area (Å²) in [5.41, 5.74) is 2.51. The van der Waals surface area contributed by atoms with E-state index in [1.807, 2.05) is 0 Å². The lowest BCUT2D eigenvalue weighted by atomic mass is 10.2. The fourth-order valence-corrected chi connectivity index (χ4v) is 2.46. The van der Waals surface area contributed by atoms with Crippen molar-refractivity contribution in [2.75, 3.05) is 38.8 Å². The molecule has 0 spiro atoms. The summed E-state index contributed by atoms with van der Waals surface area (Å²) in [5.74, 6) is 0. The third-order valence-electron chi connectivity index (χ3n) is 2.81. The van der Waals surface area contributed by atoms with Crippen LogP contribution in [0, 0.1) is 0 Å². The SMILES string of the molecule is CCCNCc1ccc(N(C)CCOC)c(Br)c1. The first kappa shape index (κ1) is 15.5. The molecule has 0 radical (unpaired) electrons. The van der Waals surface area contributed by atoms with Crippen molar-refractivity contribution in [3.8, 4) is 0 Å². The third kappa shape index (κ3) is 4.96. The van der Waals surface area contributed by atoms with Gasteiger partial charge in [0.1, 0.15) is 0 Å². The fraction of sp³-hybridized carbons (Fsp3) is 0.571. The Hall–Kier alpha value is -0.580. The first-order chi connectivity index (χ1) is 8.69. The highest BCUT2D eigenvalue weighted by atomic mass is 79.9. The number of halogens is 1. The highest BCUT2D eigenvalue weighted by Gasteiger charge is 2.06. The van der Waals surface area contributed by atoms with Crippen molar-refractivity contribution in [2.24, 2.45) is 0 Å². The van der Waals surface area contributed by atoms with Crippen LogP contribution in [0.15, 0.2) is 22.7 Å². The van der Waals surface area contributed by atoms with Crippen molar-refractivity contribution in [1.29, 1.82) is 0 Å². The largest absolute Gasteiger partial charge is 0.383 e. The van der Waals surface area contributed by atoms with Crippen LogP contribution in [0.3, 0.4) is 0 Å². The monoisotopic (exact) mass is 314 g/mol. The quantitative estimate of drug-likeness (QED) is 0.746. The van der Waals surface area contributed by atoms with Gasteiger partial charge in [0.25, 0.3) is 0 Å². The molecule has 0 aliphatic carbocycles. The fourth-order valence-electron chi connectivity index (χ4n) is 1.73. The average Bonchev–Trinajstić information content (AvgIpc) is 2.36. The van der Waals surface area contributed by atoms with E-state index in [1.165, 1.54) is 17.7 Å². The first-order valence-corrected chi connectivity index (χ1v) is 7.17. The molecule has 0 aliphatic heterocycles. The molecule has 0 amide bonds. The summed E-state index contributed by atoms with van der Waals surface area (Å²) >= 11 is 3.64. The number of rotatable bonds is 8. The van der Waals surface area contributed by atoms with Crippen LogP contribution in [0.4, 0.5) is 5.69 Å². The molecule has 0 unspecified atom stereocenters. The van der Waals surface area contributed by atoms with Gasteiger partial charge in [0.15, 0.2) is 0 Å². The van der Waals surface area contributed by atoms with E-state index >= 15 is 0 Å². The molecule has 0 heterocycles. The average molecular weight is 315 g/mol. The molecule has 1 N–H and O–H groups in total. The summed E-state index contributed by atoms with van der Waals surface area (Å²) in [6.45, 7) is 5.80. The molecule has 1 rings (SSSR count). The second-order valence-corrected chi connectivity index (χ2v) is 5.23. The number of hydrogen-bond donors (Lipinski definition) is 1. The highest BCUT2D eigenvalue weighted by Crippen LogP contribution is 2.26. The molecule has 3 nitrogen and oxygen atoms in total.